The lowest BCUT2D eigenvalue weighted by molar-refractivity contribution is 0.237. The van der Waals surface area contributed by atoms with E-state index >= 15 is 0 Å². The summed E-state index contributed by atoms with van der Waals surface area (Å²) in [6, 6.07) is 5.79. The zero-order valence-corrected chi connectivity index (χ0v) is 12.2. The van der Waals surface area contributed by atoms with Gasteiger partial charge in [0.1, 0.15) is 11.5 Å². The zero-order chi connectivity index (χ0) is 14.3. The smallest absolute Gasteiger partial charge is 0.144 e. The Kier molecular flexibility index (Phi) is 4.74. The first-order chi connectivity index (χ1) is 10.4. The van der Waals surface area contributed by atoms with Crippen molar-refractivity contribution in [2.75, 3.05) is 31.5 Å². The number of pyridine rings is 1. The number of rotatable bonds is 5. The van der Waals surface area contributed by atoms with Crippen LogP contribution >= 0.6 is 0 Å². The third-order valence-electron chi connectivity index (χ3n) is 3.76. The number of aromatic nitrogens is 3. The molecule has 0 radical (unpaired) electrons. The highest BCUT2D eigenvalue weighted by atomic mass is 15.1. The average molecular weight is 283 g/mol. The van der Waals surface area contributed by atoms with Gasteiger partial charge in [0.15, 0.2) is 0 Å². The molecule has 3 heterocycles. The van der Waals surface area contributed by atoms with E-state index in [2.05, 4.69) is 25.2 Å². The minimum Gasteiger partial charge on any atom is -0.368 e. The first-order valence-electron chi connectivity index (χ1n) is 7.61. The molecule has 1 N–H and O–H groups in total. The van der Waals surface area contributed by atoms with Gasteiger partial charge >= 0.3 is 0 Å². The molecule has 0 spiro atoms. The molecule has 0 aliphatic carbocycles. The lowest BCUT2D eigenvalue weighted by Gasteiger charge is -2.26. The van der Waals surface area contributed by atoms with Crippen LogP contribution in [0.25, 0.3) is 11.4 Å². The van der Waals surface area contributed by atoms with E-state index in [0.717, 1.165) is 30.3 Å². The summed E-state index contributed by atoms with van der Waals surface area (Å²) in [5.41, 5.74) is 1.65. The summed E-state index contributed by atoms with van der Waals surface area (Å²) in [6.45, 7) is 4.44. The van der Waals surface area contributed by atoms with Gasteiger partial charge in [-0.2, -0.15) is 0 Å². The molecule has 21 heavy (non-hydrogen) atoms. The highest BCUT2D eigenvalue weighted by molar-refractivity contribution is 5.53. The van der Waals surface area contributed by atoms with E-state index in [-0.39, 0.29) is 0 Å². The number of nitrogens with one attached hydrogen (secondary N) is 1. The fraction of sp³-hybridized carbons (Fsp3) is 0.438. The minimum atomic E-state index is 0.803. The number of likely N-dealkylation sites (tertiary alicyclic amines) is 1. The molecule has 0 amide bonds. The van der Waals surface area contributed by atoms with Crippen LogP contribution in [0.4, 0.5) is 5.82 Å². The SMILES string of the molecule is c1ccc(-c2cnc(NCCN3CCCCC3)cn2)nc1. The highest BCUT2D eigenvalue weighted by Gasteiger charge is 2.09. The summed E-state index contributed by atoms with van der Waals surface area (Å²) in [5, 5.41) is 3.33. The molecule has 5 heteroatoms. The average Bonchev–Trinajstić information content (AvgIpc) is 2.57. The van der Waals surface area contributed by atoms with Gasteiger partial charge in [0, 0.05) is 19.3 Å². The van der Waals surface area contributed by atoms with Crippen LogP contribution in [-0.4, -0.2) is 46.0 Å². The van der Waals surface area contributed by atoms with E-state index in [0.29, 0.717) is 0 Å². The second-order valence-corrected chi connectivity index (χ2v) is 5.33. The van der Waals surface area contributed by atoms with E-state index in [4.69, 9.17) is 0 Å². The van der Waals surface area contributed by atoms with E-state index in [1.54, 1.807) is 18.6 Å². The van der Waals surface area contributed by atoms with Crippen LogP contribution in [0.2, 0.25) is 0 Å². The molecule has 0 saturated carbocycles. The number of nitrogens with zero attached hydrogens (tertiary/aromatic N) is 4. The van der Waals surface area contributed by atoms with Crippen molar-refractivity contribution in [1.29, 1.82) is 0 Å². The van der Waals surface area contributed by atoms with Crippen molar-refractivity contribution in [2.45, 2.75) is 19.3 Å². The Morgan fingerprint density at radius 2 is 1.86 bits per heavy atom. The third-order valence-corrected chi connectivity index (χ3v) is 3.76. The monoisotopic (exact) mass is 283 g/mol. The third kappa shape index (κ3) is 3.98. The number of piperidine rings is 1. The predicted molar refractivity (Wildman–Crippen MR) is 84.0 cm³/mol. The number of hydrogen-bond acceptors (Lipinski definition) is 5. The Bertz CT molecular complexity index is 534. The van der Waals surface area contributed by atoms with Crippen LogP contribution in [-0.2, 0) is 0 Å². The highest BCUT2D eigenvalue weighted by Crippen LogP contribution is 2.13. The molecule has 110 valence electrons. The van der Waals surface area contributed by atoms with Gasteiger partial charge in [-0.25, -0.2) is 9.97 Å². The van der Waals surface area contributed by atoms with E-state index in [1.807, 2.05) is 18.2 Å². The lowest BCUT2D eigenvalue weighted by Crippen LogP contribution is -2.33. The molecule has 0 atom stereocenters. The first kappa shape index (κ1) is 13.9. The van der Waals surface area contributed by atoms with Crippen LogP contribution in [0.3, 0.4) is 0 Å². The summed E-state index contributed by atoms with van der Waals surface area (Å²) in [4.78, 5) is 15.6. The van der Waals surface area contributed by atoms with Crippen LogP contribution in [0.1, 0.15) is 19.3 Å². The molecule has 5 nitrogen and oxygen atoms in total. The Balaban J connectivity index is 1.50. The van der Waals surface area contributed by atoms with Crippen molar-refractivity contribution >= 4 is 5.82 Å². The van der Waals surface area contributed by atoms with Crippen molar-refractivity contribution in [3.8, 4) is 11.4 Å². The van der Waals surface area contributed by atoms with Gasteiger partial charge in [-0.05, 0) is 38.1 Å². The Morgan fingerprint density at radius 3 is 2.57 bits per heavy atom. The van der Waals surface area contributed by atoms with Crippen molar-refractivity contribution in [1.82, 2.24) is 19.9 Å². The van der Waals surface area contributed by atoms with Gasteiger partial charge in [-0.15, -0.1) is 0 Å². The minimum absolute atomic E-state index is 0.803. The Morgan fingerprint density at radius 1 is 0.952 bits per heavy atom. The number of anilines is 1. The molecule has 1 aliphatic rings. The van der Waals surface area contributed by atoms with Crippen molar-refractivity contribution in [3.63, 3.8) is 0 Å². The molecule has 1 saturated heterocycles. The summed E-state index contributed by atoms with van der Waals surface area (Å²) in [7, 11) is 0. The second kappa shape index (κ2) is 7.13. The first-order valence-corrected chi connectivity index (χ1v) is 7.61. The predicted octanol–water partition coefficient (Wildman–Crippen LogP) is 2.44. The maximum absolute atomic E-state index is 4.41. The standard InChI is InChI=1S/C16H21N5/c1-4-9-21(10-5-1)11-8-18-16-13-19-15(12-20-16)14-6-2-3-7-17-14/h2-3,6-7,12-13H,1,4-5,8-11H2,(H,18,20). The summed E-state index contributed by atoms with van der Waals surface area (Å²) < 4.78 is 0. The van der Waals surface area contributed by atoms with Crippen molar-refractivity contribution in [2.24, 2.45) is 0 Å². The molecule has 2 aromatic heterocycles. The van der Waals surface area contributed by atoms with E-state index in [9.17, 15) is 0 Å². The summed E-state index contributed by atoms with van der Waals surface area (Å²) >= 11 is 0. The Labute approximate surface area is 125 Å². The number of hydrogen-bond donors (Lipinski definition) is 1. The molecule has 0 aromatic carbocycles. The topological polar surface area (TPSA) is 53.9 Å². The lowest BCUT2D eigenvalue weighted by atomic mass is 10.1. The van der Waals surface area contributed by atoms with E-state index in [1.165, 1.54) is 32.4 Å². The van der Waals surface area contributed by atoms with Crippen LogP contribution < -0.4 is 5.32 Å². The molecular formula is C16H21N5. The fourth-order valence-corrected chi connectivity index (χ4v) is 2.59. The van der Waals surface area contributed by atoms with Gasteiger partial charge in [0.25, 0.3) is 0 Å². The quantitative estimate of drug-likeness (QED) is 0.913. The fourth-order valence-electron chi connectivity index (χ4n) is 2.59. The summed E-state index contributed by atoms with van der Waals surface area (Å²) in [5.74, 6) is 0.826. The molecular weight excluding hydrogens is 262 g/mol. The normalized spacial score (nSPS) is 15.8. The maximum atomic E-state index is 4.41. The summed E-state index contributed by atoms with van der Waals surface area (Å²) in [6.07, 6.45) is 9.36. The molecule has 0 unspecified atom stereocenters. The Hall–Kier alpha value is -2.01. The van der Waals surface area contributed by atoms with Crippen LogP contribution in [0, 0.1) is 0 Å². The zero-order valence-electron chi connectivity index (χ0n) is 12.2. The van der Waals surface area contributed by atoms with Crippen molar-refractivity contribution in [3.05, 3.63) is 36.8 Å². The van der Waals surface area contributed by atoms with E-state index < -0.39 is 0 Å². The molecule has 0 bridgehead atoms. The molecule has 3 rings (SSSR count). The van der Waals surface area contributed by atoms with Crippen molar-refractivity contribution < 1.29 is 0 Å². The molecule has 2 aromatic rings. The largest absolute Gasteiger partial charge is 0.368 e. The van der Waals surface area contributed by atoms with Crippen LogP contribution in [0.15, 0.2) is 36.8 Å². The van der Waals surface area contributed by atoms with Crippen LogP contribution in [0.5, 0.6) is 0 Å². The van der Waals surface area contributed by atoms with Gasteiger partial charge < -0.3 is 10.2 Å². The van der Waals surface area contributed by atoms with Gasteiger partial charge in [-0.3, -0.25) is 4.98 Å². The van der Waals surface area contributed by atoms with Gasteiger partial charge in [0.2, 0.25) is 0 Å². The molecule has 1 fully saturated rings. The van der Waals surface area contributed by atoms with Gasteiger partial charge in [-0.1, -0.05) is 12.5 Å². The second-order valence-electron chi connectivity index (χ2n) is 5.33. The maximum Gasteiger partial charge on any atom is 0.144 e. The van der Waals surface area contributed by atoms with Gasteiger partial charge in [0.05, 0.1) is 18.1 Å². The molecule has 1 aliphatic heterocycles.